The third kappa shape index (κ3) is 7.85. The first-order valence-electron chi connectivity index (χ1n) is 13.1. The molecular weight excluding hydrogens is 452 g/mol. The molecule has 0 fully saturated rings. The molecule has 7 heteroatoms. The molecule has 0 saturated heterocycles. The number of carbonyl (C=O) groups excluding carboxylic acids is 2. The minimum atomic E-state index is -0.137. The molecule has 192 valence electrons. The lowest BCUT2D eigenvalue weighted by molar-refractivity contribution is -0.607. The molecule has 0 heterocycles. The summed E-state index contributed by atoms with van der Waals surface area (Å²) in [6, 6.07) is 14.3. The van der Waals surface area contributed by atoms with Crippen molar-refractivity contribution in [3.8, 4) is 0 Å². The van der Waals surface area contributed by atoms with Crippen LogP contribution in [0, 0.1) is 4.91 Å². The Morgan fingerprint density at radius 3 is 2.53 bits per heavy atom. The molecule has 0 spiro atoms. The van der Waals surface area contributed by atoms with Gasteiger partial charge in [-0.3, -0.25) is 10.5 Å². The zero-order valence-electron chi connectivity index (χ0n) is 21.7. The van der Waals surface area contributed by atoms with Crippen LogP contribution in [0.25, 0.3) is 6.08 Å². The van der Waals surface area contributed by atoms with Crippen LogP contribution >= 0.6 is 0 Å². The number of nitrogens with one attached hydrogen (secondary N) is 1. The van der Waals surface area contributed by atoms with Crippen molar-refractivity contribution in [2.24, 2.45) is 0 Å². The van der Waals surface area contributed by atoms with E-state index in [2.05, 4.69) is 60.1 Å². The van der Waals surface area contributed by atoms with Gasteiger partial charge in [0.25, 0.3) is 0 Å². The first-order chi connectivity index (χ1) is 17.4. The summed E-state index contributed by atoms with van der Waals surface area (Å²) in [6.45, 7) is 7.18. The molecular formula is C29H40N4O3+2. The standard InChI is InChI=1S/C29H38N4O3/c1-3-32(4-2)25-14-9-23(10-15-25)21-33(36)27-17-13-24-20-22(11-16-26(24)27)12-18-29(35)31-19-7-5-6-8-28(30)34/h9-12,14-16,18,20,27H,3-8,13,17,19,21H2,1-2H3,(H2-,30,31,34,35)/p+2/b18-12+. The molecule has 0 saturated carbocycles. The molecule has 2 aromatic carbocycles. The number of amides is 2. The van der Waals surface area contributed by atoms with E-state index in [4.69, 9.17) is 0 Å². The molecule has 1 aliphatic rings. The summed E-state index contributed by atoms with van der Waals surface area (Å²) >= 11 is 0. The van der Waals surface area contributed by atoms with E-state index >= 15 is 0 Å². The smallest absolute Gasteiger partial charge is 0.308 e. The molecule has 3 rings (SSSR count). The highest BCUT2D eigenvalue weighted by atomic mass is 16.3. The molecule has 2 aromatic rings. The van der Waals surface area contributed by atoms with Crippen molar-refractivity contribution >= 4 is 23.6 Å². The Balaban J connectivity index is 1.50. The highest BCUT2D eigenvalue weighted by molar-refractivity contribution is 5.91. The molecule has 7 nitrogen and oxygen atoms in total. The number of aryl methyl sites for hydroxylation is 1. The Hall–Kier alpha value is -3.32. The van der Waals surface area contributed by atoms with Crippen LogP contribution in [0.15, 0.2) is 48.5 Å². The molecule has 0 radical (unpaired) electrons. The van der Waals surface area contributed by atoms with Crippen LogP contribution in [-0.4, -0.2) is 36.2 Å². The quantitative estimate of drug-likeness (QED) is 0.237. The summed E-state index contributed by atoms with van der Waals surface area (Å²) in [7, 11) is 0. The fourth-order valence-electron chi connectivity index (χ4n) is 4.78. The van der Waals surface area contributed by atoms with Crippen molar-refractivity contribution in [3.63, 3.8) is 0 Å². The Morgan fingerprint density at radius 2 is 1.83 bits per heavy atom. The number of fused-ring (bicyclic) bond motifs is 1. The van der Waals surface area contributed by atoms with E-state index in [1.807, 2.05) is 18.2 Å². The summed E-state index contributed by atoms with van der Waals surface area (Å²) in [5, 5.41) is 2.88. The number of carbonyl (C=O) groups is 2. The summed E-state index contributed by atoms with van der Waals surface area (Å²) < 4.78 is 1.20. The number of benzene rings is 2. The minimum Gasteiger partial charge on any atom is -0.372 e. The lowest BCUT2D eigenvalue weighted by Crippen LogP contribution is -2.56. The van der Waals surface area contributed by atoms with Crippen LogP contribution in [0.2, 0.25) is 0 Å². The number of unbranched alkanes of at least 4 members (excludes halogenated alkanes) is 2. The third-order valence-electron chi connectivity index (χ3n) is 6.82. The first-order valence-corrected chi connectivity index (χ1v) is 13.1. The van der Waals surface area contributed by atoms with Gasteiger partial charge in [0.15, 0.2) is 0 Å². The largest absolute Gasteiger partial charge is 0.372 e. The van der Waals surface area contributed by atoms with Crippen LogP contribution in [0.1, 0.15) is 74.2 Å². The molecule has 1 unspecified atom stereocenters. The molecule has 0 aliphatic heterocycles. The average Bonchev–Trinajstić information content (AvgIpc) is 3.30. The molecule has 0 aromatic heterocycles. The topological polar surface area (TPSA) is 97.1 Å². The van der Waals surface area contributed by atoms with Crippen molar-refractivity contribution in [2.75, 3.05) is 24.5 Å². The maximum atomic E-state index is 13.0. The number of anilines is 1. The zero-order chi connectivity index (χ0) is 25.9. The Bertz CT molecular complexity index is 1070. The molecule has 1 atom stereocenters. The van der Waals surface area contributed by atoms with Crippen LogP contribution < -0.4 is 16.0 Å². The number of nitrogens with zero attached hydrogens (tertiary/aromatic N) is 2. The van der Waals surface area contributed by atoms with Gasteiger partial charge >= 0.3 is 5.91 Å². The SMILES string of the molecule is CCN(CC)c1ccc(C[N+](=O)C2CCc3cc(/C=C/C(=O)NCCCCCC([NH3+])=O)ccc32)cc1. The molecule has 4 N–H and O–H groups in total. The fourth-order valence-corrected chi connectivity index (χ4v) is 4.78. The molecule has 1 aliphatic carbocycles. The van der Waals surface area contributed by atoms with Gasteiger partial charge in [-0.15, -0.1) is 0 Å². The predicted molar refractivity (Wildman–Crippen MR) is 143 cm³/mol. The van der Waals surface area contributed by atoms with Crippen molar-refractivity contribution in [1.82, 2.24) is 5.32 Å². The second kappa shape index (κ2) is 13.7. The summed E-state index contributed by atoms with van der Waals surface area (Å²) in [5.74, 6) is -0.161. The molecule has 0 bridgehead atoms. The number of hydrogen-bond donors (Lipinski definition) is 2. The van der Waals surface area contributed by atoms with Gasteiger partial charge in [0.05, 0.1) is 6.42 Å². The summed E-state index contributed by atoms with van der Waals surface area (Å²) in [6.07, 6.45) is 8.10. The Labute approximate surface area is 214 Å². The van der Waals surface area contributed by atoms with Gasteiger partial charge in [-0.2, -0.15) is 0 Å². The van der Waals surface area contributed by atoms with E-state index in [0.29, 0.717) is 19.5 Å². The van der Waals surface area contributed by atoms with Gasteiger partial charge in [0.2, 0.25) is 18.5 Å². The summed E-state index contributed by atoms with van der Waals surface area (Å²) in [4.78, 5) is 38.2. The van der Waals surface area contributed by atoms with Crippen molar-refractivity contribution in [1.29, 1.82) is 0 Å². The van der Waals surface area contributed by atoms with Gasteiger partial charge in [-0.05, 0) is 62.4 Å². The monoisotopic (exact) mass is 492 g/mol. The maximum Gasteiger partial charge on any atom is 0.308 e. The normalized spacial score (nSPS) is 14.6. The Kier molecular flexibility index (Phi) is 10.4. The second-order valence-electron chi connectivity index (χ2n) is 9.40. The van der Waals surface area contributed by atoms with Gasteiger partial charge < -0.3 is 10.2 Å². The molecule has 36 heavy (non-hydrogen) atoms. The number of nitroso groups, excluding NO2 is 1. The molecule has 2 amide bonds. The van der Waals surface area contributed by atoms with Crippen LogP contribution in [0.5, 0.6) is 0 Å². The highest BCUT2D eigenvalue weighted by Crippen LogP contribution is 2.35. The Morgan fingerprint density at radius 1 is 1.08 bits per heavy atom. The fraction of sp³-hybridized carbons (Fsp3) is 0.448. The van der Waals surface area contributed by atoms with E-state index in [1.165, 1.54) is 16.0 Å². The van der Waals surface area contributed by atoms with Gasteiger partial charge in [-0.1, -0.05) is 36.8 Å². The number of hydrogen-bond acceptors (Lipinski definition) is 4. The number of rotatable bonds is 14. The lowest BCUT2D eigenvalue weighted by Gasteiger charge is -2.20. The van der Waals surface area contributed by atoms with E-state index in [9.17, 15) is 14.5 Å². The summed E-state index contributed by atoms with van der Waals surface area (Å²) in [5.41, 5.74) is 8.80. The van der Waals surface area contributed by atoms with Crippen LogP contribution in [0.4, 0.5) is 5.69 Å². The highest BCUT2D eigenvalue weighted by Gasteiger charge is 2.34. The van der Waals surface area contributed by atoms with Gasteiger partial charge in [0.1, 0.15) is 0 Å². The average molecular weight is 493 g/mol. The van der Waals surface area contributed by atoms with E-state index in [0.717, 1.165) is 61.9 Å². The third-order valence-corrected chi connectivity index (χ3v) is 6.82. The van der Waals surface area contributed by atoms with Crippen molar-refractivity contribution in [3.05, 3.63) is 75.7 Å². The maximum absolute atomic E-state index is 13.0. The van der Waals surface area contributed by atoms with Crippen molar-refractivity contribution < 1.29 is 20.1 Å². The zero-order valence-corrected chi connectivity index (χ0v) is 21.7. The van der Waals surface area contributed by atoms with E-state index in [-0.39, 0.29) is 17.9 Å². The van der Waals surface area contributed by atoms with E-state index < -0.39 is 0 Å². The van der Waals surface area contributed by atoms with Crippen LogP contribution in [0.3, 0.4) is 0 Å². The number of quaternary nitrogens is 1. The lowest BCUT2D eigenvalue weighted by atomic mass is 10.0. The van der Waals surface area contributed by atoms with Crippen LogP contribution in [-0.2, 0) is 22.6 Å². The van der Waals surface area contributed by atoms with Gasteiger partial charge in [0, 0.05) is 58.6 Å². The second-order valence-corrected chi connectivity index (χ2v) is 9.40. The minimum absolute atomic E-state index is 0.0358. The first kappa shape index (κ1) is 27.3. The predicted octanol–water partition coefficient (Wildman–Crippen LogP) is 3.96. The van der Waals surface area contributed by atoms with Gasteiger partial charge in [-0.25, -0.2) is 4.79 Å². The van der Waals surface area contributed by atoms with E-state index in [1.54, 1.807) is 6.08 Å². The van der Waals surface area contributed by atoms with Crippen molar-refractivity contribution in [2.45, 2.75) is 65.0 Å².